The molecule has 1 fully saturated rings. The van der Waals surface area contributed by atoms with Crippen LogP contribution in [0, 0.1) is 5.82 Å². The Morgan fingerprint density at radius 2 is 2.07 bits per heavy atom. The Labute approximate surface area is 87.9 Å². The summed E-state index contributed by atoms with van der Waals surface area (Å²) in [6, 6.07) is 4.92. The Morgan fingerprint density at radius 1 is 1.33 bits per heavy atom. The lowest BCUT2D eigenvalue weighted by Crippen LogP contribution is -2.43. The molecule has 0 bridgehead atoms. The van der Waals surface area contributed by atoms with Crippen LogP contribution in [0.25, 0.3) is 0 Å². The zero-order chi connectivity index (χ0) is 10.7. The predicted octanol–water partition coefficient (Wildman–Crippen LogP) is 1.05. The summed E-state index contributed by atoms with van der Waals surface area (Å²) in [5, 5.41) is 3.20. The minimum absolute atomic E-state index is 0.131. The molecule has 4 heteroatoms. The highest BCUT2D eigenvalue weighted by molar-refractivity contribution is 5.77. The molecule has 1 saturated heterocycles. The van der Waals surface area contributed by atoms with Crippen LogP contribution in [-0.2, 0) is 0 Å². The second kappa shape index (κ2) is 4.40. The summed E-state index contributed by atoms with van der Waals surface area (Å²) in [4.78, 5) is 12.5. The van der Waals surface area contributed by atoms with Gasteiger partial charge in [-0.1, -0.05) is 6.07 Å². The van der Waals surface area contributed by atoms with Crippen molar-refractivity contribution in [1.82, 2.24) is 5.32 Å². The molecule has 3 nitrogen and oxygen atoms in total. The van der Waals surface area contributed by atoms with E-state index in [1.54, 1.807) is 12.1 Å². The molecular formula is C11H13FN2O. The van der Waals surface area contributed by atoms with Gasteiger partial charge in [-0.15, -0.1) is 0 Å². The highest BCUT2D eigenvalue weighted by Crippen LogP contribution is 2.21. The lowest BCUT2D eigenvalue weighted by atomic mass is 10.1. The van der Waals surface area contributed by atoms with Crippen molar-refractivity contribution < 1.29 is 9.18 Å². The van der Waals surface area contributed by atoms with Crippen LogP contribution in [0.2, 0.25) is 0 Å². The molecule has 0 aliphatic carbocycles. The second-order valence-electron chi connectivity index (χ2n) is 3.54. The zero-order valence-electron chi connectivity index (χ0n) is 8.37. The highest BCUT2D eigenvalue weighted by Gasteiger charge is 2.15. The molecule has 1 aliphatic heterocycles. The molecule has 0 radical (unpaired) electrons. The van der Waals surface area contributed by atoms with Crippen LogP contribution < -0.4 is 10.2 Å². The van der Waals surface area contributed by atoms with E-state index in [0.717, 1.165) is 26.2 Å². The topological polar surface area (TPSA) is 32.3 Å². The Kier molecular flexibility index (Phi) is 2.97. The number of benzene rings is 1. The number of nitrogens with one attached hydrogen (secondary N) is 1. The summed E-state index contributed by atoms with van der Waals surface area (Å²) in [5.74, 6) is -0.408. The third-order valence-corrected chi connectivity index (χ3v) is 2.59. The number of hydrogen-bond donors (Lipinski definition) is 1. The van der Waals surface area contributed by atoms with Gasteiger partial charge in [0, 0.05) is 26.2 Å². The molecule has 1 N–H and O–H groups in total. The summed E-state index contributed by atoms with van der Waals surface area (Å²) >= 11 is 0. The van der Waals surface area contributed by atoms with Gasteiger partial charge in [-0.3, -0.25) is 4.79 Å². The van der Waals surface area contributed by atoms with Crippen LogP contribution in [0.1, 0.15) is 10.4 Å². The van der Waals surface area contributed by atoms with Crippen LogP contribution in [0.4, 0.5) is 10.1 Å². The van der Waals surface area contributed by atoms with Gasteiger partial charge >= 0.3 is 0 Å². The summed E-state index contributed by atoms with van der Waals surface area (Å²) in [5.41, 5.74) is 0.659. The Bertz CT molecular complexity index is 362. The smallest absolute Gasteiger partial charge is 0.156 e. The summed E-state index contributed by atoms with van der Waals surface area (Å²) in [7, 11) is 0. The van der Waals surface area contributed by atoms with E-state index in [2.05, 4.69) is 5.32 Å². The molecule has 0 amide bonds. The van der Waals surface area contributed by atoms with Crippen molar-refractivity contribution in [3.05, 3.63) is 29.6 Å². The SMILES string of the molecule is O=Cc1cccc(N2CCNCC2)c1F. The van der Waals surface area contributed by atoms with Gasteiger partial charge in [0.1, 0.15) is 0 Å². The van der Waals surface area contributed by atoms with Crippen LogP contribution in [0.3, 0.4) is 0 Å². The summed E-state index contributed by atoms with van der Waals surface area (Å²) in [6.45, 7) is 3.26. The number of aldehydes is 1. The highest BCUT2D eigenvalue weighted by atomic mass is 19.1. The van der Waals surface area contributed by atoms with Crippen molar-refractivity contribution in [2.24, 2.45) is 0 Å². The first kappa shape index (κ1) is 10.1. The van der Waals surface area contributed by atoms with Crippen molar-refractivity contribution in [1.29, 1.82) is 0 Å². The van der Waals surface area contributed by atoms with Gasteiger partial charge in [0.2, 0.25) is 0 Å². The number of hydrogen-bond acceptors (Lipinski definition) is 3. The lowest BCUT2D eigenvalue weighted by molar-refractivity contribution is 0.112. The van der Waals surface area contributed by atoms with Crippen molar-refractivity contribution in [3.8, 4) is 0 Å². The summed E-state index contributed by atoms with van der Waals surface area (Å²) in [6.07, 6.45) is 0.557. The van der Waals surface area contributed by atoms with Crippen molar-refractivity contribution in [3.63, 3.8) is 0 Å². The molecule has 0 atom stereocenters. The predicted molar refractivity (Wildman–Crippen MR) is 56.9 cm³/mol. The Balaban J connectivity index is 2.30. The van der Waals surface area contributed by atoms with E-state index in [9.17, 15) is 9.18 Å². The maximum Gasteiger partial charge on any atom is 0.156 e. The summed E-state index contributed by atoms with van der Waals surface area (Å²) < 4.78 is 13.8. The van der Waals surface area contributed by atoms with E-state index >= 15 is 0 Å². The molecule has 1 aromatic carbocycles. The van der Waals surface area contributed by atoms with Gasteiger partial charge in [-0.2, -0.15) is 0 Å². The van der Waals surface area contributed by atoms with Crippen molar-refractivity contribution >= 4 is 12.0 Å². The van der Waals surface area contributed by atoms with Gasteiger partial charge in [0.05, 0.1) is 11.3 Å². The largest absolute Gasteiger partial charge is 0.367 e. The third kappa shape index (κ3) is 1.99. The minimum atomic E-state index is -0.408. The first-order valence-corrected chi connectivity index (χ1v) is 5.02. The fraction of sp³-hybridized carbons (Fsp3) is 0.364. The second-order valence-corrected chi connectivity index (χ2v) is 3.54. The number of anilines is 1. The third-order valence-electron chi connectivity index (χ3n) is 2.59. The molecular weight excluding hydrogens is 195 g/mol. The lowest BCUT2D eigenvalue weighted by Gasteiger charge is -2.29. The number of carbonyl (C=O) groups excluding carboxylic acids is 1. The van der Waals surface area contributed by atoms with Gasteiger partial charge < -0.3 is 10.2 Å². The Morgan fingerprint density at radius 3 is 2.73 bits per heavy atom. The van der Waals surface area contributed by atoms with Gasteiger partial charge in [-0.05, 0) is 12.1 Å². The minimum Gasteiger partial charge on any atom is -0.367 e. The first-order chi connectivity index (χ1) is 7.33. The normalized spacial score (nSPS) is 16.5. The van der Waals surface area contributed by atoms with E-state index in [1.807, 2.05) is 4.90 Å². The molecule has 0 unspecified atom stereocenters. The molecule has 1 aromatic rings. The standard InChI is InChI=1S/C11H13FN2O/c12-11-9(8-15)2-1-3-10(11)14-6-4-13-5-7-14/h1-3,8,13H,4-7H2. The molecule has 2 rings (SSSR count). The number of carbonyl (C=O) groups is 1. The number of halogens is 1. The first-order valence-electron chi connectivity index (χ1n) is 5.02. The van der Waals surface area contributed by atoms with Crippen molar-refractivity contribution in [2.75, 3.05) is 31.1 Å². The molecule has 1 aliphatic rings. The van der Waals surface area contributed by atoms with Gasteiger partial charge in [0.25, 0.3) is 0 Å². The quantitative estimate of drug-likeness (QED) is 0.737. The average Bonchev–Trinajstić information content (AvgIpc) is 2.30. The number of nitrogens with zero attached hydrogens (tertiary/aromatic N) is 1. The number of rotatable bonds is 2. The van der Waals surface area contributed by atoms with Gasteiger partial charge in [-0.25, -0.2) is 4.39 Å². The van der Waals surface area contributed by atoms with E-state index in [4.69, 9.17) is 0 Å². The van der Waals surface area contributed by atoms with Crippen LogP contribution in [0.15, 0.2) is 18.2 Å². The van der Waals surface area contributed by atoms with Crippen LogP contribution in [0.5, 0.6) is 0 Å². The molecule has 80 valence electrons. The zero-order valence-corrected chi connectivity index (χ0v) is 8.37. The molecule has 0 aromatic heterocycles. The molecule has 0 spiro atoms. The van der Waals surface area contributed by atoms with Crippen molar-refractivity contribution in [2.45, 2.75) is 0 Å². The Hall–Kier alpha value is -1.42. The van der Waals surface area contributed by atoms with Crippen LogP contribution in [-0.4, -0.2) is 32.5 Å². The molecule has 0 saturated carbocycles. The average molecular weight is 208 g/mol. The van der Waals surface area contributed by atoms with E-state index < -0.39 is 5.82 Å². The molecule has 15 heavy (non-hydrogen) atoms. The number of piperazine rings is 1. The van der Waals surface area contributed by atoms with E-state index in [-0.39, 0.29) is 5.56 Å². The fourth-order valence-corrected chi connectivity index (χ4v) is 1.78. The van der Waals surface area contributed by atoms with E-state index in [1.165, 1.54) is 6.07 Å². The van der Waals surface area contributed by atoms with Gasteiger partial charge in [0.15, 0.2) is 12.1 Å². The molecule has 1 heterocycles. The maximum absolute atomic E-state index is 13.8. The van der Waals surface area contributed by atoms with E-state index in [0.29, 0.717) is 12.0 Å². The fourth-order valence-electron chi connectivity index (χ4n) is 1.78. The monoisotopic (exact) mass is 208 g/mol. The maximum atomic E-state index is 13.8. The van der Waals surface area contributed by atoms with Crippen LogP contribution >= 0.6 is 0 Å².